The topological polar surface area (TPSA) is 156 Å². The molecule has 12 nitrogen and oxygen atoms in total. The third-order valence-electron chi connectivity index (χ3n) is 7.66. The van der Waals surface area contributed by atoms with Crippen molar-refractivity contribution in [1.82, 2.24) is 40.1 Å². The molecule has 0 aliphatic carbocycles. The van der Waals surface area contributed by atoms with Crippen LogP contribution in [-0.4, -0.2) is 47.8 Å². The Balaban J connectivity index is 0.00000312. The molecule has 223 valence electrons. The van der Waals surface area contributed by atoms with Gasteiger partial charge in [0.05, 0.1) is 22.9 Å². The first kappa shape index (κ1) is 27.5. The molecule has 2 aliphatic rings. The standard InChI is InChI=1S/C33H19N9O3.Cu/c43-26(44)16-45-17-13-14-22-24(15-17)33-39-31(22)37-29-19-8-2-1-7-18(19)27(35-29)34-28-20-9-3-4-10-21(20)30(36-28)38-32-23-11-5-6-12-25(23)42(40-32)41-33;/h1-15H,16H2,(H2,34,35,36,37,38,39,40,41,43,44);/q;+2/p-1. The van der Waals surface area contributed by atoms with E-state index < -0.39 is 12.6 Å². The Morgan fingerprint density at radius 1 is 0.630 bits per heavy atom. The summed E-state index contributed by atoms with van der Waals surface area (Å²) in [5.74, 6) is 0.631. The van der Waals surface area contributed by atoms with E-state index in [4.69, 9.17) is 49.9 Å². The van der Waals surface area contributed by atoms with E-state index in [2.05, 4.69) is 0 Å². The average molecular weight is 652 g/mol. The van der Waals surface area contributed by atoms with Crippen LogP contribution >= 0.6 is 0 Å². The van der Waals surface area contributed by atoms with Gasteiger partial charge in [-0.25, -0.2) is 9.78 Å². The van der Waals surface area contributed by atoms with E-state index in [1.54, 1.807) is 18.2 Å². The molecule has 1 N–H and O–H groups in total. The number of nitrogens with zero attached hydrogens (tertiary/aromatic N) is 9. The van der Waals surface area contributed by atoms with E-state index in [9.17, 15) is 4.79 Å². The molecule has 5 heterocycles. The number of aromatic nitrogens is 9. The molecule has 2 aliphatic heterocycles. The second-order valence-corrected chi connectivity index (χ2v) is 10.4. The van der Waals surface area contributed by atoms with Gasteiger partial charge >= 0.3 is 23.0 Å². The fourth-order valence-electron chi connectivity index (χ4n) is 5.63. The monoisotopic (exact) mass is 651 g/mol. The van der Waals surface area contributed by atoms with Crippen LogP contribution in [0.25, 0.3) is 84.0 Å². The van der Waals surface area contributed by atoms with E-state index >= 15 is 0 Å². The van der Waals surface area contributed by atoms with Crippen molar-refractivity contribution < 1.29 is 36.5 Å². The molecule has 13 heteroatoms. The summed E-state index contributed by atoms with van der Waals surface area (Å²) in [6, 6.07) is 28.3. The first-order valence-corrected chi connectivity index (χ1v) is 14.0. The van der Waals surface area contributed by atoms with Crippen molar-refractivity contribution in [1.29, 1.82) is 0 Å². The zero-order valence-corrected chi connectivity index (χ0v) is 24.4. The van der Waals surface area contributed by atoms with Gasteiger partial charge in [-0.15, -0.1) is 0 Å². The van der Waals surface area contributed by atoms with E-state index in [1.807, 2.05) is 72.8 Å². The number of hydrogen-bond donors (Lipinski definition) is 1. The minimum atomic E-state index is -1.08. The van der Waals surface area contributed by atoms with Crippen molar-refractivity contribution in [3.8, 4) is 45.6 Å². The zero-order valence-electron chi connectivity index (χ0n) is 23.5. The van der Waals surface area contributed by atoms with Gasteiger partial charge in [0.2, 0.25) is 0 Å². The van der Waals surface area contributed by atoms with Crippen molar-refractivity contribution in [2.45, 2.75) is 0 Å². The van der Waals surface area contributed by atoms with Crippen LogP contribution in [0.1, 0.15) is 0 Å². The quantitative estimate of drug-likeness (QED) is 0.216. The number of benzene rings is 4. The van der Waals surface area contributed by atoms with E-state index in [-0.39, 0.29) is 17.1 Å². The third-order valence-corrected chi connectivity index (χ3v) is 7.66. The maximum Gasteiger partial charge on any atom is 2.00 e. The average Bonchev–Trinajstić information content (AvgIpc) is 3.79. The van der Waals surface area contributed by atoms with Crippen molar-refractivity contribution in [3.05, 3.63) is 91.0 Å². The number of hydrogen-bond acceptors (Lipinski definition) is 8. The predicted octanol–water partition coefficient (Wildman–Crippen LogP) is 4.20. The Morgan fingerprint density at radius 3 is 1.87 bits per heavy atom. The first-order valence-electron chi connectivity index (χ1n) is 14.0. The maximum absolute atomic E-state index is 11.2. The normalized spacial score (nSPS) is 11.6. The van der Waals surface area contributed by atoms with Crippen LogP contribution < -0.4 is 19.5 Å². The molecular formula is C33H18CuN9O3+. The van der Waals surface area contributed by atoms with Crippen LogP contribution in [0, 0.1) is 0 Å². The smallest absolute Gasteiger partial charge is 0.482 e. The molecule has 0 amide bonds. The number of carboxylic acid groups (broad SMARTS) is 1. The molecular weight excluding hydrogens is 634 g/mol. The number of fused-ring (bicyclic) bond motifs is 20. The molecule has 0 saturated carbocycles. The summed E-state index contributed by atoms with van der Waals surface area (Å²) in [7, 11) is 0. The molecule has 46 heavy (non-hydrogen) atoms. The SMILES string of the molecule is O=C(O)COc1ccc2c3nc4nc(nc5[n-]c(nc6n[n+](nc([n-]3)c2c1)-c1ccccc1-6)c1ccccc51)-c1ccccc1-4.[Cu+2]. The molecule has 0 fully saturated rings. The predicted molar refractivity (Wildman–Crippen MR) is 163 cm³/mol. The number of ether oxygens (including phenoxy) is 1. The summed E-state index contributed by atoms with van der Waals surface area (Å²) in [6.45, 7) is -0.486. The number of aliphatic carboxylic acids is 1. The molecule has 3 aromatic heterocycles. The summed E-state index contributed by atoms with van der Waals surface area (Å²) in [5, 5.41) is 21.7. The van der Waals surface area contributed by atoms with Gasteiger partial charge in [0, 0.05) is 49.4 Å². The first-order chi connectivity index (χ1) is 22.1. The third kappa shape index (κ3) is 4.37. The van der Waals surface area contributed by atoms with Crippen LogP contribution in [0.2, 0.25) is 0 Å². The van der Waals surface area contributed by atoms with Crippen LogP contribution in [0.5, 0.6) is 5.75 Å². The van der Waals surface area contributed by atoms with Crippen LogP contribution in [0.3, 0.4) is 0 Å². The van der Waals surface area contributed by atoms with Gasteiger partial charge < -0.3 is 34.8 Å². The number of rotatable bonds is 3. The summed E-state index contributed by atoms with van der Waals surface area (Å²) < 4.78 is 5.48. The fourth-order valence-corrected chi connectivity index (χ4v) is 5.63. The molecule has 9 rings (SSSR count). The Labute approximate surface area is 269 Å². The largest absolute Gasteiger partial charge is 2.00 e. The molecule has 0 saturated heterocycles. The Bertz CT molecular complexity index is 2560. The van der Waals surface area contributed by atoms with Crippen molar-refractivity contribution in [2.24, 2.45) is 0 Å². The number of carboxylic acids is 1. The van der Waals surface area contributed by atoms with Crippen LogP contribution in [-0.2, 0) is 21.9 Å². The Morgan fingerprint density at radius 2 is 1.20 bits per heavy atom. The fraction of sp³-hybridized carbons (Fsp3) is 0.0303. The molecule has 0 atom stereocenters. The van der Waals surface area contributed by atoms with Gasteiger partial charge in [0.15, 0.2) is 12.4 Å². The molecule has 0 unspecified atom stereocenters. The van der Waals surface area contributed by atoms with Gasteiger partial charge in [-0.2, -0.15) is 0 Å². The van der Waals surface area contributed by atoms with Crippen LogP contribution in [0.4, 0.5) is 0 Å². The second-order valence-electron chi connectivity index (χ2n) is 10.4. The molecule has 1 radical (unpaired) electrons. The van der Waals surface area contributed by atoms with E-state index in [1.165, 1.54) is 4.80 Å². The number of carbonyl (C=O) groups is 1. The van der Waals surface area contributed by atoms with Crippen molar-refractivity contribution in [3.63, 3.8) is 0 Å². The summed E-state index contributed by atoms with van der Waals surface area (Å²) in [4.78, 5) is 41.9. The zero-order chi connectivity index (χ0) is 30.1. The van der Waals surface area contributed by atoms with Gasteiger partial charge in [0.25, 0.3) is 5.69 Å². The van der Waals surface area contributed by atoms with Gasteiger partial charge in [-0.1, -0.05) is 65.8 Å². The summed E-state index contributed by atoms with van der Waals surface area (Å²) in [5.41, 5.74) is 4.78. The van der Waals surface area contributed by atoms with E-state index in [0.29, 0.717) is 62.3 Å². The number of para-hydroxylation sites is 1. The van der Waals surface area contributed by atoms with Gasteiger partial charge in [-0.3, -0.25) is 0 Å². The molecule has 8 bridgehead atoms. The van der Waals surface area contributed by atoms with Crippen LogP contribution in [0.15, 0.2) is 91.0 Å². The van der Waals surface area contributed by atoms with E-state index in [0.717, 1.165) is 27.5 Å². The minimum Gasteiger partial charge on any atom is -0.482 e. The second kappa shape index (κ2) is 10.5. The Kier molecular flexibility index (Phi) is 6.31. The molecule has 0 spiro atoms. The molecule has 7 aromatic rings. The molecule has 4 aromatic carbocycles. The summed E-state index contributed by atoms with van der Waals surface area (Å²) >= 11 is 0. The Hall–Kier alpha value is -6.04. The van der Waals surface area contributed by atoms with Gasteiger partial charge in [0.1, 0.15) is 5.75 Å². The maximum atomic E-state index is 11.2. The van der Waals surface area contributed by atoms with Crippen molar-refractivity contribution in [2.75, 3.05) is 6.61 Å². The minimum absolute atomic E-state index is 0. The van der Waals surface area contributed by atoms with Crippen molar-refractivity contribution >= 4 is 50.1 Å². The summed E-state index contributed by atoms with van der Waals surface area (Å²) in [6.07, 6.45) is 0. The van der Waals surface area contributed by atoms with Gasteiger partial charge in [-0.05, 0) is 40.4 Å².